The summed E-state index contributed by atoms with van der Waals surface area (Å²) < 4.78 is 54.5. The van der Waals surface area contributed by atoms with Gasteiger partial charge < -0.3 is 90.3 Å². The van der Waals surface area contributed by atoms with Crippen molar-refractivity contribution in [2.45, 2.75) is 77.3 Å². The van der Waals surface area contributed by atoms with E-state index in [1.165, 1.54) is 13.8 Å². The summed E-state index contributed by atoms with van der Waals surface area (Å²) in [7, 11) is 1.85. The van der Waals surface area contributed by atoms with Crippen molar-refractivity contribution in [1.82, 2.24) is 37.2 Å². The van der Waals surface area contributed by atoms with E-state index in [0.717, 1.165) is 19.4 Å². The molecule has 0 aliphatic rings. The second-order valence-electron chi connectivity index (χ2n) is 15.4. The van der Waals surface area contributed by atoms with Gasteiger partial charge in [0.15, 0.2) is 0 Å². The van der Waals surface area contributed by atoms with Crippen molar-refractivity contribution in [3.63, 3.8) is 0 Å². The van der Waals surface area contributed by atoms with Crippen LogP contribution in [0.1, 0.15) is 65.2 Å². The van der Waals surface area contributed by atoms with E-state index in [-0.39, 0.29) is 88.5 Å². The van der Waals surface area contributed by atoms with E-state index in [1.54, 1.807) is 0 Å². The molecule has 2 unspecified atom stereocenters. The third-order valence-electron chi connectivity index (χ3n) is 9.32. The SMILES string of the molecule is CNCCCCC(NC(=O)CCOCCOCCOCCOCCOCCOCCOCCOCCNC(C)=O)C(=O)NCCOCCOCC(=O)NCCCCC(NC(=O)CCNC(C)=O)C(N)=O. The summed E-state index contributed by atoms with van der Waals surface area (Å²) in [5.74, 6) is -2.33. The van der Waals surface area contributed by atoms with Crippen molar-refractivity contribution in [3.8, 4) is 0 Å². The lowest BCUT2D eigenvalue weighted by atomic mass is 10.1. The molecule has 0 aromatic rings. The molecule has 0 aliphatic heterocycles. The average Bonchev–Trinajstić information content (AvgIpc) is 3.32. The Bertz CT molecular complexity index is 1360. The molecule has 25 heteroatoms. The molecule has 408 valence electrons. The third-order valence-corrected chi connectivity index (χ3v) is 9.32. The van der Waals surface area contributed by atoms with Gasteiger partial charge in [-0.1, -0.05) is 0 Å². The highest BCUT2D eigenvalue weighted by Gasteiger charge is 2.20. The Morgan fingerprint density at radius 2 is 0.771 bits per heavy atom. The largest absolute Gasteiger partial charge is 0.379 e. The van der Waals surface area contributed by atoms with Gasteiger partial charge in [-0.05, 0) is 52.1 Å². The number of rotatable bonds is 52. The number of hydrogen-bond acceptors (Lipinski definition) is 18. The first-order valence-corrected chi connectivity index (χ1v) is 24.3. The fourth-order valence-corrected chi connectivity index (χ4v) is 5.70. The number of unbranched alkanes of at least 4 members (excludes halogenated alkanes) is 2. The quantitative estimate of drug-likeness (QED) is 0.0291. The Hall–Kier alpha value is -4.15. The van der Waals surface area contributed by atoms with E-state index in [0.29, 0.717) is 138 Å². The van der Waals surface area contributed by atoms with Crippen LogP contribution < -0.4 is 43.0 Å². The molecule has 0 aliphatic carbocycles. The van der Waals surface area contributed by atoms with E-state index in [9.17, 15) is 33.6 Å². The molecule has 0 aromatic carbocycles. The summed E-state index contributed by atoms with van der Waals surface area (Å²) in [5, 5.41) is 19.1. The molecular formula is C45H86N8O17. The molecule has 0 heterocycles. The lowest BCUT2D eigenvalue weighted by Crippen LogP contribution is -2.47. The fraction of sp³-hybridized carbons (Fsp3) is 0.844. The van der Waals surface area contributed by atoms with E-state index >= 15 is 0 Å². The molecule has 0 saturated heterocycles. The highest BCUT2D eigenvalue weighted by atomic mass is 16.6. The summed E-state index contributed by atoms with van der Waals surface area (Å²) in [6, 6.07) is -1.55. The molecule has 0 aromatic heterocycles. The maximum atomic E-state index is 12.9. The summed E-state index contributed by atoms with van der Waals surface area (Å²) in [5.41, 5.74) is 5.39. The zero-order valence-corrected chi connectivity index (χ0v) is 42.0. The minimum absolute atomic E-state index is 0.0245. The number of carbonyl (C=O) groups is 7. The first-order chi connectivity index (χ1) is 34.0. The van der Waals surface area contributed by atoms with E-state index in [2.05, 4.69) is 37.2 Å². The predicted molar refractivity (Wildman–Crippen MR) is 255 cm³/mol. The van der Waals surface area contributed by atoms with Gasteiger partial charge in [-0.25, -0.2) is 0 Å². The zero-order chi connectivity index (χ0) is 51.6. The number of nitrogens with one attached hydrogen (secondary N) is 7. The molecule has 0 fully saturated rings. The van der Waals surface area contributed by atoms with Gasteiger partial charge >= 0.3 is 0 Å². The summed E-state index contributed by atoms with van der Waals surface area (Å²) in [6.45, 7) is 11.7. The highest BCUT2D eigenvalue weighted by Crippen LogP contribution is 2.03. The van der Waals surface area contributed by atoms with Crippen LogP contribution in [-0.2, 0) is 80.9 Å². The zero-order valence-electron chi connectivity index (χ0n) is 42.0. The first-order valence-electron chi connectivity index (χ1n) is 24.3. The first kappa shape index (κ1) is 65.8. The van der Waals surface area contributed by atoms with Gasteiger partial charge in [0.2, 0.25) is 41.4 Å². The van der Waals surface area contributed by atoms with Crippen LogP contribution in [-0.4, -0.2) is 225 Å². The molecule has 0 spiro atoms. The predicted octanol–water partition coefficient (Wildman–Crippen LogP) is -2.55. The summed E-state index contributed by atoms with van der Waals surface area (Å²) in [4.78, 5) is 83.0. The molecule has 70 heavy (non-hydrogen) atoms. The van der Waals surface area contributed by atoms with Crippen LogP contribution in [0, 0.1) is 0 Å². The number of nitrogens with two attached hydrogens (primary N) is 1. The topological polar surface area (TPSA) is 322 Å². The van der Waals surface area contributed by atoms with Crippen LogP contribution in [0.15, 0.2) is 0 Å². The van der Waals surface area contributed by atoms with Crippen LogP contribution in [0.3, 0.4) is 0 Å². The Morgan fingerprint density at radius 1 is 0.386 bits per heavy atom. The van der Waals surface area contributed by atoms with Gasteiger partial charge in [0.05, 0.1) is 126 Å². The smallest absolute Gasteiger partial charge is 0.245 e. The Morgan fingerprint density at radius 3 is 1.24 bits per heavy atom. The molecule has 0 bridgehead atoms. The van der Waals surface area contributed by atoms with Crippen molar-refractivity contribution in [1.29, 1.82) is 0 Å². The van der Waals surface area contributed by atoms with Gasteiger partial charge in [0.1, 0.15) is 18.7 Å². The maximum Gasteiger partial charge on any atom is 0.245 e. The standard InChI is InChI=1S/C45H86N8O17/c1-37(54)48-14-10-41(56)52-39(44(46)59)8-5-7-13-50-43(58)36-70-35-34-63-19-16-51-45(60)40(9-4-6-12-47-3)53-42(57)11-17-61-20-22-64-24-26-66-28-30-68-32-33-69-31-29-67-27-25-65-23-21-62-18-15-49-38(2)55/h39-40,47H,4-36H2,1-3H3,(H2,46,59)(H,48,54)(H,49,55)(H,50,58)(H,51,60)(H,52,56)(H,53,57). The summed E-state index contributed by atoms with van der Waals surface area (Å²) >= 11 is 0. The summed E-state index contributed by atoms with van der Waals surface area (Å²) in [6.07, 6.45) is 3.54. The van der Waals surface area contributed by atoms with Crippen molar-refractivity contribution < 1.29 is 80.9 Å². The number of ether oxygens (including phenoxy) is 10. The van der Waals surface area contributed by atoms with Gasteiger partial charge in [-0.2, -0.15) is 0 Å². The van der Waals surface area contributed by atoms with Gasteiger partial charge in [-0.15, -0.1) is 0 Å². The lowest BCUT2D eigenvalue weighted by Gasteiger charge is -2.19. The van der Waals surface area contributed by atoms with E-state index in [1.807, 2.05) is 7.05 Å². The minimum atomic E-state index is -0.844. The Balaban J connectivity index is 3.87. The molecule has 2 atom stereocenters. The Kier molecular flexibility index (Phi) is 46.9. The normalized spacial score (nSPS) is 11.9. The second kappa shape index (κ2) is 49.8. The number of amides is 7. The highest BCUT2D eigenvalue weighted by molar-refractivity contribution is 5.88. The molecule has 0 radical (unpaired) electrons. The molecule has 9 N–H and O–H groups in total. The third kappa shape index (κ3) is 47.5. The maximum absolute atomic E-state index is 12.9. The van der Waals surface area contributed by atoms with Crippen molar-refractivity contribution in [2.75, 3.05) is 172 Å². The average molecular weight is 1010 g/mol. The van der Waals surface area contributed by atoms with Crippen molar-refractivity contribution in [3.05, 3.63) is 0 Å². The monoisotopic (exact) mass is 1010 g/mol. The van der Waals surface area contributed by atoms with Gasteiger partial charge in [0.25, 0.3) is 0 Å². The number of primary amides is 1. The van der Waals surface area contributed by atoms with Gasteiger partial charge in [0, 0.05) is 52.9 Å². The van der Waals surface area contributed by atoms with Crippen molar-refractivity contribution >= 4 is 41.4 Å². The van der Waals surface area contributed by atoms with Crippen LogP contribution in [0.5, 0.6) is 0 Å². The van der Waals surface area contributed by atoms with Crippen LogP contribution >= 0.6 is 0 Å². The molecule has 25 nitrogen and oxygen atoms in total. The van der Waals surface area contributed by atoms with Crippen LogP contribution in [0.4, 0.5) is 0 Å². The molecule has 0 saturated carbocycles. The van der Waals surface area contributed by atoms with E-state index < -0.39 is 23.9 Å². The van der Waals surface area contributed by atoms with Crippen molar-refractivity contribution in [2.24, 2.45) is 5.73 Å². The fourth-order valence-electron chi connectivity index (χ4n) is 5.70. The van der Waals surface area contributed by atoms with Crippen LogP contribution in [0.25, 0.3) is 0 Å². The molecular weight excluding hydrogens is 925 g/mol. The van der Waals surface area contributed by atoms with E-state index in [4.69, 9.17) is 53.1 Å². The Labute approximate surface area is 413 Å². The number of carbonyl (C=O) groups excluding carboxylic acids is 7. The molecule has 7 amide bonds. The minimum Gasteiger partial charge on any atom is -0.379 e. The second-order valence-corrected chi connectivity index (χ2v) is 15.4. The van der Waals surface area contributed by atoms with Gasteiger partial charge in [-0.3, -0.25) is 33.6 Å². The number of hydrogen-bond donors (Lipinski definition) is 8. The van der Waals surface area contributed by atoms with Crippen LogP contribution in [0.2, 0.25) is 0 Å². The molecule has 0 rings (SSSR count). The lowest BCUT2D eigenvalue weighted by molar-refractivity contribution is -0.130.